The molecule has 0 unspecified atom stereocenters. The van der Waals surface area contributed by atoms with Crippen molar-refractivity contribution in [2.45, 2.75) is 9.79 Å². The van der Waals surface area contributed by atoms with E-state index in [-0.39, 0.29) is 5.56 Å². The van der Waals surface area contributed by atoms with E-state index in [4.69, 9.17) is 10.8 Å². The number of halogens is 1. The third-order valence-corrected chi connectivity index (χ3v) is 3.88. The Labute approximate surface area is 117 Å². The summed E-state index contributed by atoms with van der Waals surface area (Å²) in [6, 6.07) is 12.8. The number of aromatic carboxylic acids is 1. The zero-order chi connectivity index (χ0) is 13.1. The number of rotatable bonds is 3. The van der Waals surface area contributed by atoms with Crippen molar-refractivity contribution in [1.82, 2.24) is 0 Å². The molecule has 18 heavy (non-hydrogen) atoms. The standard InChI is InChI=1S/C13H10BrNO2S/c14-8-3-1-4-9(7-8)18-11-6-2-5-10(12(11)15)13(16)17/h1-7H,15H2,(H,16,17). The van der Waals surface area contributed by atoms with E-state index in [0.717, 1.165) is 14.3 Å². The minimum atomic E-state index is -1.01. The Hall–Kier alpha value is -1.46. The third kappa shape index (κ3) is 2.86. The zero-order valence-corrected chi connectivity index (χ0v) is 11.7. The lowest BCUT2D eigenvalue weighted by molar-refractivity contribution is 0.0698. The van der Waals surface area contributed by atoms with E-state index in [9.17, 15) is 4.79 Å². The van der Waals surface area contributed by atoms with E-state index < -0.39 is 5.97 Å². The molecule has 0 saturated heterocycles. The molecule has 0 aromatic heterocycles. The van der Waals surface area contributed by atoms with E-state index in [0.29, 0.717) is 5.69 Å². The van der Waals surface area contributed by atoms with Gasteiger partial charge in [-0.2, -0.15) is 0 Å². The Balaban J connectivity index is 2.35. The van der Waals surface area contributed by atoms with Crippen LogP contribution in [0.1, 0.15) is 10.4 Å². The van der Waals surface area contributed by atoms with Crippen molar-refractivity contribution in [3.63, 3.8) is 0 Å². The second-order valence-electron chi connectivity index (χ2n) is 3.58. The van der Waals surface area contributed by atoms with Crippen molar-refractivity contribution in [3.8, 4) is 0 Å². The van der Waals surface area contributed by atoms with E-state index >= 15 is 0 Å². The van der Waals surface area contributed by atoms with Crippen LogP contribution in [0.4, 0.5) is 5.69 Å². The molecule has 2 rings (SSSR count). The number of hydrogen-bond donors (Lipinski definition) is 2. The lowest BCUT2D eigenvalue weighted by Gasteiger charge is -2.08. The first-order valence-electron chi connectivity index (χ1n) is 5.13. The third-order valence-electron chi connectivity index (χ3n) is 2.32. The van der Waals surface area contributed by atoms with Crippen LogP contribution in [0.2, 0.25) is 0 Å². The molecule has 0 fully saturated rings. The highest BCUT2D eigenvalue weighted by Crippen LogP contribution is 2.34. The SMILES string of the molecule is Nc1c(Sc2cccc(Br)c2)cccc1C(=O)O. The summed E-state index contributed by atoms with van der Waals surface area (Å²) in [6.45, 7) is 0. The molecule has 0 spiro atoms. The van der Waals surface area contributed by atoms with Gasteiger partial charge >= 0.3 is 5.97 Å². The summed E-state index contributed by atoms with van der Waals surface area (Å²) in [4.78, 5) is 12.7. The maximum Gasteiger partial charge on any atom is 0.337 e. The number of nitrogen functional groups attached to an aromatic ring is 1. The van der Waals surface area contributed by atoms with Crippen LogP contribution >= 0.6 is 27.7 Å². The lowest BCUT2D eigenvalue weighted by atomic mass is 10.2. The molecule has 0 amide bonds. The fourth-order valence-corrected chi connectivity index (χ4v) is 2.98. The average Bonchev–Trinajstić information content (AvgIpc) is 2.31. The Morgan fingerprint density at radius 1 is 1.22 bits per heavy atom. The van der Waals surface area contributed by atoms with Crippen molar-refractivity contribution in [2.24, 2.45) is 0 Å². The van der Waals surface area contributed by atoms with Gasteiger partial charge in [0.2, 0.25) is 0 Å². The van der Waals surface area contributed by atoms with Crippen LogP contribution in [0.15, 0.2) is 56.7 Å². The highest BCUT2D eigenvalue weighted by Gasteiger charge is 2.11. The van der Waals surface area contributed by atoms with Gasteiger partial charge in [0.25, 0.3) is 0 Å². The second kappa shape index (κ2) is 5.46. The quantitative estimate of drug-likeness (QED) is 0.841. The average molecular weight is 324 g/mol. The van der Waals surface area contributed by atoms with Gasteiger partial charge in [0.1, 0.15) is 0 Å². The molecular formula is C13H10BrNO2S. The van der Waals surface area contributed by atoms with Crippen molar-refractivity contribution < 1.29 is 9.90 Å². The summed E-state index contributed by atoms with van der Waals surface area (Å²) in [5, 5.41) is 9.00. The summed E-state index contributed by atoms with van der Waals surface area (Å²) in [6.07, 6.45) is 0. The van der Waals surface area contributed by atoms with Crippen LogP contribution in [0.3, 0.4) is 0 Å². The van der Waals surface area contributed by atoms with Gasteiger partial charge in [-0.15, -0.1) is 0 Å². The van der Waals surface area contributed by atoms with Crippen molar-refractivity contribution in [2.75, 3.05) is 5.73 Å². The Bertz CT molecular complexity index is 601. The zero-order valence-electron chi connectivity index (χ0n) is 9.26. The predicted octanol–water partition coefficient (Wildman–Crippen LogP) is 3.88. The minimum absolute atomic E-state index is 0.134. The fraction of sp³-hybridized carbons (Fsp3) is 0. The van der Waals surface area contributed by atoms with Gasteiger partial charge in [0.05, 0.1) is 11.3 Å². The largest absolute Gasteiger partial charge is 0.478 e. The van der Waals surface area contributed by atoms with Gasteiger partial charge in [0, 0.05) is 14.3 Å². The van der Waals surface area contributed by atoms with E-state index in [1.807, 2.05) is 30.3 Å². The van der Waals surface area contributed by atoms with Gasteiger partial charge in [-0.25, -0.2) is 4.79 Å². The summed E-state index contributed by atoms with van der Waals surface area (Å²) in [7, 11) is 0. The summed E-state index contributed by atoms with van der Waals surface area (Å²) in [5.74, 6) is -1.01. The van der Waals surface area contributed by atoms with Gasteiger partial charge < -0.3 is 10.8 Å². The monoisotopic (exact) mass is 323 g/mol. The Kier molecular flexibility index (Phi) is 3.93. The molecule has 2 aromatic rings. The van der Waals surface area contributed by atoms with Gasteiger partial charge in [-0.3, -0.25) is 0 Å². The first-order chi connectivity index (χ1) is 8.58. The van der Waals surface area contributed by atoms with Gasteiger partial charge in [-0.1, -0.05) is 39.8 Å². The van der Waals surface area contributed by atoms with Crippen LogP contribution in [0.5, 0.6) is 0 Å². The molecule has 0 radical (unpaired) electrons. The number of para-hydroxylation sites is 1. The van der Waals surface area contributed by atoms with Gasteiger partial charge in [-0.05, 0) is 30.3 Å². The number of carboxylic acids is 1. The number of nitrogens with two attached hydrogens (primary N) is 1. The van der Waals surface area contributed by atoms with Crippen LogP contribution in [0, 0.1) is 0 Å². The van der Waals surface area contributed by atoms with Crippen LogP contribution in [-0.2, 0) is 0 Å². The molecule has 92 valence electrons. The topological polar surface area (TPSA) is 63.3 Å². The molecule has 3 nitrogen and oxygen atoms in total. The molecule has 2 aromatic carbocycles. The van der Waals surface area contributed by atoms with Crippen LogP contribution in [-0.4, -0.2) is 11.1 Å². The van der Waals surface area contributed by atoms with Crippen molar-refractivity contribution in [1.29, 1.82) is 0 Å². The molecule has 3 N–H and O–H groups in total. The lowest BCUT2D eigenvalue weighted by Crippen LogP contribution is -2.03. The Morgan fingerprint density at radius 2 is 1.94 bits per heavy atom. The normalized spacial score (nSPS) is 10.3. The molecule has 0 heterocycles. The number of anilines is 1. The molecule has 5 heteroatoms. The smallest absolute Gasteiger partial charge is 0.337 e. The first kappa shape index (κ1) is 13.0. The Morgan fingerprint density at radius 3 is 2.61 bits per heavy atom. The summed E-state index contributed by atoms with van der Waals surface area (Å²) in [5.41, 5.74) is 6.29. The van der Waals surface area contributed by atoms with Crippen LogP contribution in [0.25, 0.3) is 0 Å². The predicted molar refractivity (Wildman–Crippen MR) is 76.1 cm³/mol. The molecule has 0 atom stereocenters. The first-order valence-corrected chi connectivity index (χ1v) is 6.74. The number of hydrogen-bond acceptors (Lipinski definition) is 3. The second-order valence-corrected chi connectivity index (χ2v) is 5.61. The van der Waals surface area contributed by atoms with E-state index in [1.54, 1.807) is 6.07 Å². The molecule has 0 aliphatic carbocycles. The highest BCUT2D eigenvalue weighted by molar-refractivity contribution is 9.10. The van der Waals surface area contributed by atoms with Crippen LogP contribution < -0.4 is 5.73 Å². The number of benzene rings is 2. The molecule has 0 bridgehead atoms. The van der Waals surface area contributed by atoms with Crippen molar-refractivity contribution >= 4 is 39.3 Å². The molecular weight excluding hydrogens is 314 g/mol. The van der Waals surface area contributed by atoms with E-state index in [1.165, 1.54) is 17.8 Å². The number of carbonyl (C=O) groups is 1. The summed E-state index contributed by atoms with van der Waals surface area (Å²) >= 11 is 4.83. The maximum atomic E-state index is 11.0. The molecule has 0 saturated carbocycles. The van der Waals surface area contributed by atoms with E-state index in [2.05, 4.69) is 15.9 Å². The summed E-state index contributed by atoms with van der Waals surface area (Å²) < 4.78 is 0.973. The van der Waals surface area contributed by atoms with Gasteiger partial charge in [0.15, 0.2) is 0 Å². The minimum Gasteiger partial charge on any atom is -0.478 e. The fourth-order valence-electron chi connectivity index (χ4n) is 1.48. The number of carboxylic acid groups (broad SMARTS) is 1. The highest BCUT2D eigenvalue weighted by atomic mass is 79.9. The van der Waals surface area contributed by atoms with Crippen molar-refractivity contribution in [3.05, 3.63) is 52.5 Å². The molecule has 0 aliphatic heterocycles. The maximum absolute atomic E-state index is 11.0. The molecule has 0 aliphatic rings.